The number of hydrogen-bond donors (Lipinski definition) is 3. The minimum absolute atomic E-state index is 0.247. The zero-order valence-corrected chi connectivity index (χ0v) is 17.7. The number of hydrogen-bond acceptors (Lipinski definition) is 6. The van der Waals surface area contributed by atoms with Gasteiger partial charge in [-0.1, -0.05) is 6.07 Å². The van der Waals surface area contributed by atoms with Gasteiger partial charge in [0.05, 0.1) is 32.1 Å². The molecule has 0 aromatic carbocycles. The molecule has 1 unspecified atom stereocenters. The quantitative estimate of drug-likeness (QED) is 0.293. The Hall–Kier alpha value is -1.20. The fourth-order valence-electron chi connectivity index (χ4n) is 2.83. The second-order valence-electron chi connectivity index (χ2n) is 6.35. The molecular formula is C17H31N5O3S2. The molecule has 1 aliphatic rings. The van der Waals surface area contributed by atoms with Gasteiger partial charge in [-0.2, -0.15) is 0 Å². The summed E-state index contributed by atoms with van der Waals surface area (Å²) in [7, 11) is -3.13. The molecule has 0 spiro atoms. The van der Waals surface area contributed by atoms with Gasteiger partial charge in [-0.05, 0) is 24.8 Å². The van der Waals surface area contributed by atoms with Crippen LogP contribution >= 0.6 is 11.3 Å². The van der Waals surface area contributed by atoms with Gasteiger partial charge in [0.15, 0.2) is 5.96 Å². The Morgan fingerprint density at radius 2 is 2.11 bits per heavy atom. The molecule has 1 aliphatic heterocycles. The molecule has 2 rings (SSSR count). The average molecular weight is 418 g/mol. The van der Waals surface area contributed by atoms with Gasteiger partial charge < -0.3 is 15.4 Å². The number of morpholine rings is 1. The summed E-state index contributed by atoms with van der Waals surface area (Å²) in [5.74, 6) is 0.756. The van der Waals surface area contributed by atoms with Gasteiger partial charge in [0.25, 0.3) is 0 Å². The molecule has 1 aromatic heterocycles. The minimum atomic E-state index is -3.13. The number of thiophene rings is 1. The third kappa shape index (κ3) is 8.56. The molecular weight excluding hydrogens is 386 g/mol. The van der Waals surface area contributed by atoms with E-state index in [0.717, 1.165) is 38.8 Å². The van der Waals surface area contributed by atoms with Crippen molar-refractivity contribution in [1.29, 1.82) is 0 Å². The molecule has 1 fully saturated rings. The third-order valence-corrected chi connectivity index (χ3v) is 5.84. The Morgan fingerprint density at radius 1 is 1.33 bits per heavy atom. The van der Waals surface area contributed by atoms with Gasteiger partial charge in [0.1, 0.15) is 0 Å². The van der Waals surface area contributed by atoms with Crippen LogP contribution in [-0.4, -0.2) is 78.0 Å². The summed E-state index contributed by atoms with van der Waals surface area (Å²) < 4.78 is 30.2. The van der Waals surface area contributed by atoms with E-state index in [1.165, 1.54) is 11.1 Å². The first-order chi connectivity index (χ1) is 13.0. The monoisotopic (exact) mass is 417 g/mol. The first-order valence-corrected chi connectivity index (χ1v) is 12.1. The minimum Gasteiger partial charge on any atom is -0.379 e. The maximum Gasteiger partial charge on any atom is 0.208 e. The molecule has 0 radical (unpaired) electrons. The summed E-state index contributed by atoms with van der Waals surface area (Å²) in [4.78, 5) is 8.51. The number of rotatable bonds is 10. The smallest absolute Gasteiger partial charge is 0.208 e. The Bertz CT molecular complexity index is 658. The van der Waals surface area contributed by atoms with E-state index >= 15 is 0 Å². The van der Waals surface area contributed by atoms with Crippen LogP contribution in [0.2, 0.25) is 0 Å². The highest BCUT2D eigenvalue weighted by Crippen LogP contribution is 2.26. The van der Waals surface area contributed by atoms with Gasteiger partial charge in [-0.3, -0.25) is 9.89 Å². The average Bonchev–Trinajstić information content (AvgIpc) is 3.16. The van der Waals surface area contributed by atoms with Crippen molar-refractivity contribution in [3.05, 3.63) is 22.4 Å². The van der Waals surface area contributed by atoms with Crippen molar-refractivity contribution < 1.29 is 13.2 Å². The van der Waals surface area contributed by atoms with Crippen LogP contribution in [-0.2, 0) is 14.8 Å². The van der Waals surface area contributed by atoms with E-state index in [2.05, 4.69) is 37.8 Å². The van der Waals surface area contributed by atoms with Crippen LogP contribution in [0.1, 0.15) is 24.3 Å². The number of aliphatic imine (C=N–C) groups is 1. The molecule has 0 amide bonds. The Kier molecular flexibility index (Phi) is 9.49. The van der Waals surface area contributed by atoms with Crippen molar-refractivity contribution in [2.45, 2.75) is 19.4 Å². The van der Waals surface area contributed by atoms with Crippen LogP contribution < -0.4 is 15.4 Å². The summed E-state index contributed by atoms with van der Waals surface area (Å²) in [6.45, 7) is 7.88. The summed E-state index contributed by atoms with van der Waals surface area (Å²) in [6, 6.07) is 4.49. The molecule has 1 aromatic rings. The molecule has 8 nitrogen and oxygen atoms in total. The van der Waals surface area contributed by atoms with Crippen molar-refractivity contribution in [3.63, 3.8) is 0 Å². The molecule has 3 N–H and O–H groups in total. The fraction of sp³-hybridized carbons (Fsp3) is 0.706. The highest BCUT2D eigenvalue weighted by atomic mass is 32.2. The predicted octanol–water partition coefficient (Wildman–Crippen LogP) is 0.616. The summed E-state index contributed by atoms with van der Waals surface area (Å²) in [5.41, 5.74) is 0. The van der Waals surface area contributed by atoms with Crippen molar-refractivity contribution in [2.75, 3.05) is 58.7 Å². The molecule has 1 atom stereocenters. The zero-order chi connectivity index (χ0) is 19.5. The van der Waals surface area contributed by atoms with Gasteiger partial charge in [-0.15, -0.1) is 11.3 Å². The van der Waals surface area contributed by atoms with E-state index < -0.39 is 10.0 Å². The largest absolute Gasteiger partial charge is 0.379 e. The lowest BCUT2D eigenvalue weighted by molar-refractivity contribution is 0.0186. The number of guanidine groups is 1. The highest BCUT2D eigenvalue weighted by Gasteiger charge is 2.23. The first kappa shape index (κ1) is 22.1. The molecule has 10 heteroatoms. The van der Waals surface area contributed by atoms with Gasteiger partial charge in [-0.25, -0.2) is 13.1 Å². The van der Waals surface area contributed by atoms with Crippen LogP contribution in [0.5, 0.6) is 0 Å². The molecule has 154 valence electrons. The van der Waals surface area contributed by atoms with Crippen molar-refractivity contribution >= 4 is 27.3 Å². The second kappa shape index (κ2) is 11.6. The first-order valence-electron chi connectivity index (χ1n) is 9.31. The number of sulfonamides is 1. The van der Waals surface area contributed by atoms with E-state index in [0.29, 0.717) is 26.1 Å². The summed E-state index contributed by atoms with van der Waals surface area (Å²) in [5, 5.41) is 8.63. The molecule has 0 bridgehead atoms. The van der Waals surface area contributed by atoms with Crippen LogP contribution in [0, 0.1) is 0 Å². The third-order valence-electron chi connectivity index (χ3n) is 4.13. The van der Waals surface area contributed by atoms with Crippen molar-refractivity contribution in [1.82, 2.24) is 20.3 Å². The van der Waals surface area contributed by atoms with E-state index in [9.17, 15) is 8.42 Å². The van der Waals surface area contributed by atoms with Crippen LogP contribution in [0.25, 0.3) is 0 Å². The van der Waals surface area contributed by atoms with Gasteiger partial charge in [0, 0.05) is 37.6 Å². The Labute approximate surface area is 166 Å². The highest BCUT2D eigenvalue weighted by molar-refractivity contribution is 7.88. The maximum atomic E-state index is 11.1. The summed E-state index contributed by atoms with van der Waals surface area (Å²) in [6.07, 6.45) is 1.86. The molecule has 2 heterocycles. The van der Waals surface area contributed by atoms with E-state index in [4.69, 9.17) is 9.73 Å². The molecule has 27 heavy (non-hydrogen) atoms. The number of nitrogens with zero attached hydrogens (tertiary/aromatic N) is 2. The Morgan fingerprint density at radius 3 is 2.74 bits per heavy atom. The van der Waals surface area contributed by atoms with Crippen molar-refractivity contribution in [3.8, 4) is 0 Å². The van der Waals surface area contributed by atoms with Crippen LogP contribution in [0.15, 0.2) is 22.5 Å². The lowest BCUT2D eigenvalue weighted by Gasteiger charge is -2.33. The number of nitrogens with one attached hydrogen (secondary N) is 3. The van der Waals surface area contributed by atoms with Crippen molar-refractivity contribution in [2.24, 2.45) is 4.99 Å². The SMILES string of the molecule is CCNC(=NCC(c1cccs1)N1CCOCC1)NCCCNS(C)(=O)=O. The standard InChI is InChI=1S/C17H31N5O3S2/c1-3-18-17(19-7-5-8-21-27(2,23)24)20-14-15(16-6-4-13-26-16)22-9-11-25-12-10-22/h4,6,13,15,21H,3,5,7-12,14H2,1-2H3,(H2,18,19,20). The topological polar surface area (TPSA) is 95.1 Å². The fourth-order valence-corrected chi connectivity index (χ4v) is 4.19. The van der Waals surface area contributed by atoms with Crippen LogP contribution in [0.4, 0.5) is 0 Å². The lowest BCUT2D eigenvalue weighted by atomic mass is 10.2. The van der Waals surface area contributed by atoms with Gasteiger partial charge in [0.2, 0.25) is 10.0 Å². The second-order valence-corrected chi connectivity index (χ2v) is 9.16. The number of ether oxygens (including phenoxy) is 1. The lowest BCUT2D eigenvalue weighted by Crippen LogP contribution is -2.42. The normalized spacial score (nSPS) is 17.6. The zero-order valence-electron chi connectivity index (χ0n) is 16.1. The predicted molar refractivity (Wildman–Crippen MR) is 111 cm³/mol. The van der Waals surface area contributed by atoms with E-state index in [1.807, 2.05) is 6.92 Å². The maximum absolute atomic E-state index is 11.1. The Balaban J connectivity index is 1.91. The van der Waals surface area contributed by atoms with Gasteiger partial charge >= 0.3 is 0 Å². The molecule has 1 saturated heterocycles. The molecule has 0 saturated carbocycles. The summed E-state index contributed by atoms with van der Waals surface area (Å²) >= 11 is 1.76. The molecule has 0 aliphatic carbocycles. The van der Waals surface area contributed by atoms with E-state index in [-0.39, 0.29) is 6.04 Å². The van der Waals surface area contributed by atoms with E-state index in [1.54, 1.807) is 11.3 Å². The van der Waals surface area contributed by atoms with Crippen LogP contribution in [0.3, 0.4) is 0 Å².